The van der Waals surface area contributed by atoms with Crippen LogP contribution in [0.2, 0.25) is 0 Å². The first-order chi connectivity index (χ1) is 11.9. The van der Waals surface area contributed by atoms with E-state index >= 15 is 0 Å². The molecule has 0 aliphatic heterocycles. The van der Waals surface area contributed by atoms with Crippen molar-refractivity contribution in [2.75, 3.05) is 27.2 Å². The predicted molar refractivity (Wildman–Crippen MR) is 111 cm³/mol. The Hall–Kier alpha value is -0.0800. The molecule has 0 aromatic carbocycles. The second-order valence-corrected chi connectivity index (χ2v) is 12.2. The van der Waals surface area contributed by atoms with Crippen LogP contribution in [0.5, 0.6) is 0 Å². The third-order valence-corrected chi connectivity index (χ3v) is 11.4. The largest absolute Gasteiger partial charge is 0.302 e. The lowest BCUT2D eigenvalue weighted by molar-refractivity contribution is 0.0313. The molecule has 0 heterocycles. The molecule has 4 aliphatic rings. The monoisotopic (exact) mass is 360 g/mol. The van der Waals surface area contributed by atoms with Crippen molar-refractivity contribution in [3.63, 3.8) is 0 Å². The van der Waals surface area contributed by atoms with Crippen molar-refractivity contribution in [1.82, 2.24) is 9.80 Å². The van der Waals surface area contributed by atoms with Gasteiger partial charge in [-0.1, -0.05) is 41.5 Å². The Morgan fingerprint density at radius 2 is 1.00 bits per heavy atom. The Labute approximate surface area is 163 Å². The molecule has 6 unspecified atom stereocenters. The summed E-state index contributed by atoms with van der Waals surface area (Å²) in [6.45, 7) is 17.8. The predicted octanol–water partition coefficient (Wildman–Crippen LogP) is 5.28. The Kier molecular flexibility index (Phi) is 4.24. The number of fused-ring (bicyclic) bond motifs is 4. The SMILES string of the molecule is CN(CCN(C)C1CC2CCC1(C)C2(C)C)C1CC2CCC1(C)C2(C)C. The van der Waals surface area contributed by atoms with Gasteiger partial charge < -0.3 is 9.80 Å². The maximum Gasteiger partial charge on any atom is 0.0155 e. The van der Waals surface area contributed by atoms with Crippen molar-refractivity contribution < 1.29 is 0 Å². The van der Waals surface area contributed by atoms with Crippen LogP contribution in [0.25, 0.3) is 0 Å². The van der Waals surface area contributed by atoms with E-state index in [1.54, 1.807) is 0 Å². The average Bonchev–Trinajstić information content (AvgIpc) is 3.09. The van der Waals surface area contributed by atoms with Gasteiger partial charge in [0.2, 0.25) is 0 Å². The van der Waals surface area contributed by atoms with Gasteiger partial charge in [0.25, 0.3) is 0 Å². The van der Waals surface area contributed by atoms with Crippen LogP contribution in [0, 0.1) is 33.5 Å². The van der Waals surface area contributed by atoms with Crippen LogP contribution in [0.3, 0.4) is 0 Å². The highest BCUT2D eigenvalue weighted by Crippen LogP contribution is 2.67. The van der Waals surface area contributed by atoms with Crippen LogP contribution in [-0.4, -0.2) is 49.1 Å². The molecule has 0 spiro atoms. The molecule has 4 rings (SSSR count). The summed E-state index contributed by atoms with van der Waals surface area (Å²) in [7, 11) is 4.82. The van der Waals surface area contributed by atoms with Gasteiger partial charge in [-0.3, -0.25) is 0 Å². The van der Waals surface area contributed by atoms with E-state index in [9.17, 15) is 0 Å². The van der Waals surface area contributed by atoms with E-state index in [0.717, 1.165) is 23.9 Å². The molecule has 0 saturated heterocycles. The van der Waals surface area contributed by atoms with Crippen LogP contribution in [0.15, 0.2) is 0 Å². The van der Waals surface area contributed by atoms with E-state index < -0.39 is 0 Å². The fraction of sp³-hybridized carbons (Fsp3) is 1.00. The zero-order chi connectivity index (χ0) is 19.1. The van der Waals surface area contributed by atoms with Crippen molar-refractivity contribution in [1.29, 1.82) is 0 Å². The van der Waals surface area contributed by atoms with Crippen LogP contribution >= 0.6 is 0 Å². The first-order valence-electron chi connectivity index (χ1n) is 11.4. The number of nitrogens with zero attached hydrogens (tertiary/aromatic N) is 2. The molecular formula is C24H44N2. The van der Waals surface area contributed by atoms with E-state index in [1.807, 2.05) is 0 Å². The smallest absolute Gasteiger partial charge is 0.0155 e. The van der Waals surface area contributed by atoms with Crippen molar-refractivity contribution in [2.45, 2.75) is 92.2 Å². The summed E-state index contributed by atoms with van der Waals surface area (Å²) in [5.41, 5.74) is 2.09. The molecular weight excluding hydrogens is 316 g/mol. The Morgan fingerprint density at radius 3 is 1.23 bits per heavy atom. The van der Waals surface area contributed by atoms with Gasteiger partial charge >= 0.3 is 0 Å². The Balaban J connectivity index is 1.38. The summed E-state index contributed by atoms with van der Waals surface area (Å²) in [5, 5.41) is 0. The summed E-state index contributed by atoms with van der Waals surface area (Å²) >= 11 is 0. The van der Waals surface area contributed by atoms with Crippen LogP contribution in [0.1, 0.15) is 80.1 Å². The lowest BCUT2D eigenvalue weighted by atomic mass is 9.68. The zero-order valence-corrected chi connectivity index (χ0v) is 18.9. The van der Waals surface area contributed by atoms with Gasteiger partial charge in [-0.05, 0) is 86.1 Å². The van der Waals surface area contributed by atoms with Crippen molar-refractivity contribution in [3.8, 4) is 0 Å². The van der Waals surface area contributed by atoms with E-state index in [4.69, 9.17) is 0 Å². The molecule has 2 nitrogen and oxygen atoms in total. The molecule has 0 amide bonds. The number of likely N-dealkylation sites (N-methyl/N-ethyl adjacent to an activating group) is 2. The summed E-state index contributed by atoms with van der Waals surface area (Å²) in [6, 6.07) is 1.58. The summed E-state index contributed by atoms with van der Waals surface area (Å²) in [5.74, 6) is 1.89. The minimum Gasteiger partial charge on any atom is -0.302 e. The standard InChI is InChI=1S/C24H44N2/c1-21(2)17-9-11-23(21,5)19(15-17)25(7)13-14-26(8)20-16-18-10-12-24(20,6)22(18,3)4/h17-20H,9-16H2,1-8H3. The molecule has 0 N–H and O–H groups in total. The molecule has 2 heteroatoms. The quantitative estimate of drug-likeness (QED) is 0.658. The molecule has 150 valence electrons. The highest BCUT2D eigenvalue weighted by Gasteiger charge is 2.63. The topological polar surface area (TPSA) is 6.48 Å². The highest BCUT2D eigenvalue weighted by molar-refractivity contribution is 5.14. The Morgan fingerprint density at radius 1 is 0.654 bits per heavy atom. The van der Waals surface area contributed by atoms with Gasteiger partial charge in [0.05, 0.1) is 0 Å². The van der Waals surface area contributed by atoms with Crippen molar-refractivity contribution in [2.24, 2.45) is 33.5 Å². The third-order valence-electron chi connectivity index (χ3n) is 11.4. The first kappa shape index (κ1) is 19.2. The molecule has 4 fully saturated rings. The molecule has 0 radical (unpaired) electrons. The van der Waals surface area contributed by atoms with E-state index in [2.05, 4.69) is 65.4 Å². The van der Waals surface area contributed by atoms with Crippen LogP contribution in [0.4, 0.5) is 0 Å². The highest BCUT2D eigenvalue weighted by atomic mass is 15.2. The minimum atomic E-state index is 0.519. The molecule has 0 aromatic rings. The van der Waals surface area contributed by atoms with Crippen molar-refractivity contribution >= 4 is 0 Å². The van der Waals surface area contributed by atoms with Gasteiger partial charge in [-0.2, -0.15) is 0 Å². The summed E-state index contributed by atoms with van der Waals surface area (Å²) in [4.78, 5) is 5.47. The van der Waals surface area contributed by atoms with Gasteiger partial charge in [0.15, 0.2) is 0 Å². The van der Waals surface area contributed by atoms with Gasteiger partial charge in [0, 0.05) is 25.2 Å². The molecule has 0 aromatic heterocycles. The van der Waals surface area contributed by atoms with E-state index in [1.165, 1.54) is 51.6 Å². The van der Waals surface area contributed by atoms with Crippen LogP contribution in [-0.2, 0) is 0 Å². The summed E-state index contributed by atoms with van der Waals surface area (Å²) in [6.07, 6.45) is 8.66. The molecule has 6 atom stereocenters. The van der Waals surface area contributed by atoms with Crippen LogP contribution < -0.4 is 0 Å². The van der Waals surface area contributed by atoms with Gasteiger partial charge in [0.1, 0.15) is 0 Å². The van der Waals surface area contributed by atoms with Crippen molar-refractivity contribution in [3.05, 3.63) is 0 Å². The molecule has 4 saturated carbocycles. The lowest BCUT2D eigenvalue weighted by Crippen LogP contribution is -2.50. The lowest BCUT2D eigenvalue weighted by Gasteiger charge is -2.45. The van der Waals surface area contributed by atoms with E-state index in [-0.39, 0.29) is 0 Å². The van der Waals surface area contributed by atoms with E-state index in [0.29, 0.717) is 21.7 Å². The fourth-order valence-electron chi connectivity index (χ4n) is 8.28. The van der Waals surface area contributed by atoms with Gasteiger partial charge in [-0.15, -0.1) is 0 Å². The molecule has 26 heavy (non-hydrogen) atoms. The third kappa shape index (κ3) is 2.24. The first-order valence-corrected chi connectivity index (χ1v) is 11.4. The Bertz CT molecular complexity index is 517. The minimum absolute atomic E-state index is 0.519. The maximum absolute atomic E-state index is 2.73. The maximum atomic E-state index is 2.73. The number of rotatable bonds is 5. The number of hydrogen-bond donors (Lipinski definition) is 0. The summed E-state index contributed by atoms with van der Waals surface area (Å²) < 4.78 is 0. The average molecular weight is 361 g/mol. The second kappa shape index (κ2) is 5.72. The zero-order valence-electron chi connectivity index (χ0n) is 18.9. The van der Waals surface area contributed by atoms with Gasteiger partial charge in [-0.25, -0.2) is 0 Å². The molecule has 4 aliphatic carbocycles. The number of hydrogen-bond acceptors (Lipinski definition) is 2. The normalized spacial score (nSPS) is 48.2. The fourth-order valence-corrected chi connectivity index (χ4v) is 8.28. The molecule has 4 bridgehead atoms. The second-order valence-electron chi connectivity index (χ2n) is 12.2.